The molecular formula is C24H25ClN2O7S. The SMILES string of the molecule is COc1ccc(N(CC(N)=O)S(=O)(=O)c2ccc(OC)c(OC)c2)c(C(O)c2ccccc2Cl)c1. The van der Waals surface area contributed by atoms with Gasteiger partial charge >= 0.3 is 0 Å². The van der Waals surface area contributed by atoms with Crippen molar-refractivity contribution < 1.29 is 32.5 Å². The van der Waals surface area contributed by atoms with Crippen molar-refractivity contribution >= 4 is 33.2 Å². The number of carbonyl (C=O) groups excluding carboxylic acids is 1. The predicted octanol–water partition coefficient (Wildman–Crippen LogP) is 3.13. The van der Waals surface area contributed by atoms with Crippen molar-refractivity contribution in [2.45, 2.75) is 11.0 Å². The van der Waals surface area contributed by atoms with Crippen LogP contribution in [0.25, 0.3) is 0 Å². The van der Waals surface area contributed by atoms with Crippen LogP contribution in [0.3, 0.4) is 0 Å². The highest BCUT2D eigenvalue weighted by atomic mass is 35.5. The van der Waals surface area contributed by atoms with E-state index in [4.69, 9.17) is 31.5 Å². The molecule has 186 valence electrons. The first-order valence-electron chi connectivity index (χ1n) is 10.3. The largest absolute Gasteiger partial charge is 0.497 e. The number of halogens is 1. The lowest BCUT2D eigenvalue weighted by Gasteiger charge is -2.28. The fourth-order valence-electron chi connectivity index (χ4n) is 3.52. The topological polar surface area (TPSA) is 128 Å². The summed E-state index contributed by atoms with van der Waals surface area (Å²) < 4.78 is 44.0. The van der Waals surface area contributed by atoms with E-state index in [1.54, 1.807) is 24.3 Å². The second-order valence-electron chi connectivity index (χ2n) is 7.34. The number of amides is 1. The molecule has 3 N–H and O–H groups in total. The van der Waals surface area contributed by atoms with Gasteiger partial charge in [0.15, 0.2) is 11.5 Å². The molecule has 0 aromatic heterocycles. The summed E-state index contributed by atoms with van der Waals surface area (Å²) in [6.07, 6.45) is -1.34. The maximum atomic E-state index is 13.8. The summed E-state index contributed by atoms with van der Waals surface area (Å²) in [6.45, 7) is -0.689. The standard InChI is InChI=1S/C24H25ClN2O7S/c1-32-15-8-10-20(18(12-15)24(29)17-6-4-5-7-19(17)25)27(14-23(26)28)35(30,31)16-9-11-21(33-2)22(13-16)34-3/h4-13,24,29H,14H2,1-3H3,(H2,26,28). The summed E-state index contributed by atoms with van der Waals surface area (Å²) in [4.78, 5) is 11.8. The highest BCUT2D eigenvalue weighted by molar-refractivity contribution is 7.92. The fraction of sp³-hybridized carbons (Fsp3) is 0.208. The Bertz CT molecular complexity index is 1330. The molecule has 0 heterocycles. The number of aliphatic hydroxyl groups is 1. The Balaban J connectivity index is 2.23. The highest BCUT2D eigenvalue weighted by Gasteiger charge is 2.31. The molecule has 0 fully saturated rings. The van der Waals surface area contributed by atoms with Gasteiger partial charge in [-0.15, -0.1) is 0 Å². The number of carbonyl (C=O) groups is 1. The van der Waals surface area contributed by atoms with Crippen LogP contribution >= 0.6 is 11.6 Å². The van der Waals surface area contributed by atoms with E-state index in [0.717, 1.165) is 4.31 Å². The van der Waals surface area contributed by atoms with Crippen molar-refractivity contribution in [1.29, 1.82) is 0 Å². The molecular weight excluding hydrogens is 496 g/mol. The molecule has 0 aliphatic rings. The Kier molecular flexibility index (Phi) is 8.11. The van der Waals surface area contributed by atoms with E-state index in [2.05, 4.69) is 0 Å². The summed E-state index contributed by atoms with van der Waals surface area (Å²) in [6, 6.07) is 15.0. The fourth-order valence-corrected chi connectivity index (χ4v) is 5.23. The normalized spacial score (nSPS) is 12.0. The molecule has 0 aliphatic heterocycles. The number of benzene rings is 3. The van der Waals surface area contributed by atoms with Crippen molar-refractivity contribution in [2.24, 2.45) is 5.73 Å². The zero-order chi connectivity index (χ0) is 25.8. The zero-order valence-electron chi connectivity index (χ0n) is 19.3. The molecule has 0 spiro atoms. The average Bonchev–Trinajstić information content (AvgIpc) is 2.86. The number of nitrogens with two attached hydrogens (primary N) is 1. The predicted molar refractivity (Wildman–Crippen MR) is 132 cm³/mol. The van der Waals surface area contributed by atoms with Crippen molar-refractivity contribution in [1.82, 2.24) is 0 Å². The van der Waals surface area contributed by atoms with Crippen LogP contribution in [0.15, 0.2) is 65.6 Å². The van der Waals surface area contributed by atoms with E-state index in [9.17, 15) is 18.3 Å². The monoisotopic (exact) mass is 520 g/mol. The summed E-state index contributed by atoms with van der Waals surface area (Å²) in [5.41, 5.74) is 5.93. The van der Waals surface area contributed by atoms with Crippen LogP contribution < -0.4 is 24.2 Å². The van der Waals surface area contributed by atoms with Gasteiger partial charge in [-0.2, -0.15) is 0 Å². The van der Waals surface area contributed by atoms with E-state index in [1.165, 1.54) is 57.7 Å². The van der Waals surface area contributed by atoms with Gasteiger partial charge in [0.2, 0.25) is 5.91 Å². The summed E-state index contributed by atoms with van der Waals surface area (Å²) in [5.74, 6) is -0.0358. The number of rotatable bonds is 10. The van der Waals surface area contributed by atoms with Gasteiger partial charge in [-0.3, -0.25) is 9.10 Å². The quantitative estimate of drug-likeness (QED) is 0.420. The number of anilines is 1. The maximum Gasteiger partial charge on any atom is 0.264 e. The van der Waals surface area contributed by atoms with Crippen LogP contribution in [0.5, 0.6) is 17.2 Å². The second kappa shape index (κ2) is 10.9. The summed E-state index contributed by atoms with van der Waals surface area (Å²) in [7, 11) is -0.136. The van der Waals surface area contributed by atoms with Gasteiger partial charge in [-0.05, 0) is 36.4 Å². The van der Waals surface area contributed by atoms with Crippen LogP contribution in [0.2, 0.25) is 5.02 Å². The molecule has 0 saturated carbocycles. The highest BCUT2D eigenvalue weighted by Crippen LogP contribution is 2.39. The minimum Gasteiger partial charge on any atom is -0.497 e. The van der Waals surface area contributed by atoms with Gasteiger partial charge in [0.1, 0.15) is 18.4 Å². The number of ether oxygens (including phenoxy) is 3. The molecule has 1 atom stereocenters. The summed E-state index contributed by atoms with van der Waals surface area (Å²) >= 11 is 6.28. The Labute approximate surface area is 208 Å². The van der Waals surface area contributed by atoms with Gasteiger partial charge < -0.3 is 25.1 Å². The molecule has 11 heteroatoms. The van der Waals surface area contributed by atoms with Crippen molar-refractivity contribution in [2.75, 3.05) is 32.2 Å². The molecule has 9 nitrogen and oxygen atoms in total. The minimum atomic E-state index is -4.36. The summed E-state index contributed by atoms with van der Waals surface area (Å²) in [5, 5.41) is 11.5. The first kappa shape index (κ1) is 26.1. The molecule has 0 aliphatic carbocycles. The minimum absolute atomic E-state index is 0.0202. The second-order valence-corrected chi connectivity index (χ2v) is 9.61. The Morgan fingerprint density at radius 1 is 0.971 bits per heavy atom. The first-order chi connectivity index (χ1) is 16.6. The lowest BCUT2D eigenvalue weighted by molar-refractivity contribution is -0.116. The molecule has 0 bridgehead atoms. The van der Waals surface area contributed by atoms with Crippen molar-refractivity contribution in [3.63, 3.8) is 0 Å². The van der Waals surface area contributed by atoms with Gasteiger partial charge in [0, 0.05) is 22.2 Å². The number of sulfonamides is 1. The lowest BCUT2D eigenvalue weighted by Crippen LogP contribution is -2.39. The number of aliphatic hydroxyl groups excluding tert-OH is 1. The third-order valence-electron chi connectivity index (χ3n) is 5.24. The van der Waals surface area contributed by atoms with Gasteiger partial charge in [0.25, 0.3) is 10.0 Å². The van der Waals surface area contributed by atoms with Gasteiger partial charge in [-0.1, -0.05) is 29.8 Å². The lowest BCUT2D eigenvalue weighted by atomic mass is 9.99. The molecule has 1 unspecified atom stereocenters. The Morgan fingerprint density at radius 2 is 1.66 bits per heavy atom. The van der Waals surface area contributed by atoms with Crippen LogP contribution in [0.1, 0.15) is 17.2 Å². The molecule has 0 saturated heterocycles. The Morgan fingerprint density at radius 3 is 2.26 bits per heavy atom. The molecule has 3 aromatic carbocycles. The van der Waals surface area contributed by atoms with Gasteiger partial charge in [0.05, 0.1) is 31.9 Å². The van der Waals surface area contributed by atoms with Crippen LogP contribution in [0, 0.1) is 0 Å². The van der Waals surface area contributed by atoms with E-state index in [1.807, 2.05) is 0 Å². The van der Waals surface area contributed by atoms with Gasteiger partial charge in [-0.25, -0.2) is 8.42 Å². The third-order valence-corrected chi connectivity index (χ3v) is 7.34. The number of hydrogen-bond donors (Lipinski definition) is 2. The number of nitrogens with zero attached hydrogens (tertiary/aromatic N) is 1. The first-order valence-corrected chi connectivity index (χ1v) is 12.1. The van der Waals surface area contributed by atoms with E-state index in [-0.39, 0.29) is 26.9 Å². The van der Waals surface area contributed by atoms with Crippen LogP contribution in [0.4, 0.5) is 5.69 Å². The third kappa shape index (κ3) is 5.45. The average molecular weight is 521 g/mol. The van der Waals surface area contributed by atoms with E-state index >= 15 is 0 Å². The van der Waals surface area contributed by atoms with Crippen LogP contribution in [-0.2, 0) is 14.8 Å². The molecule has 3 aromatic rings. The number of hydrogen-bond acceptors (Lipinski definition) is 7. The Hall–Kier alpha value is -3.47. The molecule has 3 rings (SSSR count). The van der Waals surface area contributed by atoms with Crippen LogP contribution in [-0.4, -0.2) is 47.3 Å². The van der Waals surface area contributed by atoms with Crippen molar-refractivity contribution in [3.8, 4) is 17.2 Å². The smallest absolute Gasteiger partial charge is 0.264 e. The molecule has 1 amide bonds. The zero-order valence-corrected chi connectivity index (χ0v) is 20.8. The number of primary amides is 1. The van der Waals surface area contributed by atoms with E-state index in [0.29, 0.717) is 17.1 Å². The molecule has 35 heavy (non-hydrogen) atoms. The van der Waals surface area contributed by atoms with E-state index < -0.39 is 28.6 Å². The molecule has 0 radical (unpaired) electrons. The number of methoxy groups -OCH3 is 3. The van der Waals surface area contributed by atoms with Crippen molar-refractivity contribution in [3.05, 3.63) is 76.8 Å². The maximum absolute atomic E-state index is 13.8.